The summed E-state index contributed by atoms with van der Waals surface area (Å²) in [6, 6.07) is 65.2. The number of aryl methyl sites for hydroxylation is 4. The lowest BCUT2D eigenvalue weighted by atomic mass is 10.0. The Kier molecular flexibility index (Phi) is 7.25. The van der Waals surface area contributed by atoms with Crippen LogP contribution in [0.25, 0.3) is 116 Å². The van der Waals surface area contributed by atoms with Crippen molar-refractivity contribution in [3.8, 4) is 28.2 Å². The first kappa shape index (κ1) is 35.0. The van der Waals surface area contributed by atoms with Crippen molar-refractivity contribution in [2.24, 2.45) is 0 Å². The Bertz CT molecular complexity index is 3720. The Morgan fingerprint density at radius 1 is 0.274 bits per heavy atom. The van der Waals surface area contributed by atoms with Gasteiger partial charge in [0.2, 0.25) is 0 Å². The minimum atomic E-state index is 0.882. The van der Waals surface area contributed by atoms with Crippen molar-refractivity contribution in [3.05, 3.63) is 198 Å². The summed E-state index contributed by atoms with van der Waals surface area (Å²) in [7, 11) is 0. The van der Waals surface area contributed by atoms with Gasteiger partial charge in [-0.1, -0.05) is 82.9 Å². The predicted molar refractivity (Wildman–Crippen MR) is 261 cm³/mol. The number of furan rings is 1. The third-order valence-corrected chi connectivity index (χ3v) is 13.2. The number of hydrogen-bond acceptors (Lipinski definition) is 1. The molecule has 0 spiro atoms. The monoisotopic (exact) mass is 795 g/mol. The van der Waals surface area contributed by atoms with Gasteiger partial charge in [0.05, 0.1) is 33.1 Å². The largest absolute Gasteiger partial charge is 0.456 e. The third-order valence-electron chi connectivity index (χ3n) is 13.2. The highest BCUT2D eigenvalue weighted by Crippen LogP contribution is 2.41. The second kappa shape index (κ2) is 12.8. The van der Waals surface area contributed by atoms with E-state index in [1.54, 1.807) is 0 Å². The highest BCUT2D eigenvalue weighted by atomic mass is 16.3. The van der Waals surface area contributed by atoms with E-state index in [-0.39, 0.29) is 0 Å². The lowest BCUT2D eigenvalue weighted by Gasteiger charge is -2.11. The number of aromatic nitrogens is 3. The van der Waals surface area contributed by atoms with Crippen molar-refractivity contribution in [3.63, 3.8) is 0 Å². The first-order chi connectivity index (χ1) is 30.3. The number of hydrogen-bond donors (Lipinski definition) is 0. The molecule has 4 aromatic heterocycles. The van der Waals surface area contributed by atoms with Crippen LogP contribution in [0.2, 0.25) is 0 Å². The average molecular weight is 796 g/mol. The lowest BCUT2D eigenvalue weighted by molar-refractivity contribution is 0.669. The number of benzene rings is 9. The predicted octanol–water partition coefficient (Wildman–Crippen LogP) is 15.8. The summed E-state index contributed by atoms with van der Waals surface area (Å²) >= 11 is 0. The summed E-state index contributed by atoms with van der Waals surface area (Å²) in [4.78, 5) is 0. The molecule has 0 unspecified atom stereocenters. The smallest absolute Gasteiger partial charge is 0.135 e. The molecule has 4 heterocycles. The SMILES string of the molecule is Cc1ccc2c(c1)c1cc(C)ccc1n2-c1ccc2c(c1)c1cc(-n3c4ccc(C)cc4c4cc(C)ccc43)ccc1n2-c1ccc2oc3ccc(-c4ccccc4)cc3c2c1. The van der Waals surface area contributed by atoms with E-state index in [0.29, 0.717) is 0 Å². The quantitative estimate of drug-likeness (QED) is 0.174. The molecule has 0 aliphatic heterocycles. The van der Waals surface area contributed by atoms with Crippen molar-refractivity contribution >= 4 is 87.4 Å². The molecule has 0 fully saturated rings. The van der Waals surface area contributed by atoms with Crippen molar-refractivity contribution in [1.82, 2.24) is 13.7 Å². The number of nitrogens with zero attached hydrogens (tertiary/aromatic N) is 3. The van der Waals surface area contributed by atoms with Crippen LogP contribution in [0.4, 0.5) is 0 Å². The second-order valence-corrected chi connectivity index (χ2v) is 17.4. The summed E-state index contributed by atoms with van der Waals surface area (Å²) in [5.74, 6) is 0. The molecule has 0 saturated heterocycles. The molecule has 0 atom stereocenters. The molecule has 0 bridgehead atoms. The van der Waals surface area contributed by atoms with E-state index in [0.717, 1.165) is 50.0 Å². The molecule has 0 aliphatic rings. The minimum absolute atomic E-state index is 0.882. The van der Waals surface area contributed by atoms with Crippen LogP contribution in [0, 0.1) is 27.7 Å². The van der Waals surface area contributed by atoms with E-state index in [2.05, 4.69) is 217 Å². The zero-order valence-corrected chi connectivity index (χ0v) is 35.0. The van der Waals surface area contributed by atoms with Gasteiger partial charge in [0.15, 0.2) is 0 Å². The van der Waals surface area contributed by atoms with Crippen molar-refractivity contribution < 1.29 is 4.42 Å². The van der Waals surface area contributed by atoms with Gasteiger partial charge in [-0.25, -0.2) is 0 Å². The highest BCUT2D eigenvalue weighted by Gasteiger charge is 2.20. The van der Waals surface area contributed by atoms with E-state index >= 15 is 0 Å². The molecular weight excluding hydrogens is 755 g/mol. The van der Waals surface area contributed by atoms with Gasteiger partial charge in [0.25, 0.3) is 0 Å². The number of rotatable bonds is 4. The van der Waals surface area contributed by atoms with Crippen molar-refractivity contribution in [1.29, 1.82) is 0 Å². The average Bonchev–Trinajstić information content (AvgIpc) is 4.01. The molecule has 13 rings (SSSR count). The Morgan fingerprint density at radius 2 is 0.613 bits per heavy atom. The molecule has 9 aromatic carbocycles. The summed E-state index contributed by atoms with van der Waals surface area (Å²) < 4.78 is 13.8. The summed E-state index contributed by atoms with van der Waals surface area (Å²) in [6.07, 6.45) is 0. The molecule has 0 aliphatic carbocycles. The third kappa shape index (κ3) is 5.07. The molecule has 62 heavy (non-hydrogen) atoms. The van der Waals surface area contributed by atoms with Crippen LogP contribution < -0.4 is 0 Å². The van der Waals surface area contributed by atoms with Crippen LogP contribution in [0.15, 0.2) is 180 Å². The van der Waals surface area contributed by atoms with E-state index < -0.39 is 0 Å². The zero-order chi connectivity index (χ0) is 41.4. The molecule has 0 amide bonds. The maximum absolute atomic E-state index is 6.46. The van der Waals surface area contributed by atoms with Gasteiger partial charge in [-0.3, -0.25) is 0 Å². The van der Waals surface area contributed by atoms with Crippen molar-refractivity contribution in [2.45, 2.75) is 27.7 Å². The molecular formula is C58H41N3O. The summed E-state index contributed by atoms with van der Waals surface area (Å²) in [5.41, 5.74) is 19.7. The topological polar surface area (TPSA) is 27.9 Å². The second-order valence-electron chi connectivity index (χ2n) is 17.4. The zero-order valence-electron chi connectivity index (χ0n) is 35.0. The van der Waals surface area contributed by atoms with Gasteiger partial charge in [-0.2, -0.15) is 0 Å². The Labute approximate surface area is 358 Å². The van der Waals surface area contributed by atoms with Gasteiger partial charge in [-0.15, -0.1) is 0 Å². The number of fused-ring (bicyclic) bond motifs is 12. The van der Waals surface area contributed by atoms with Crippen LogP contribution in [0.1, 0.15) is 22.3 Å². The van der Waals surface area contributed by atoms with Crippen molar-refractivity contribution in [2.75, 3.05) is 0 Å². The molecule has 294 valence electrons. The van der Waals surface area contributed by atoms with Gasteiger partial charge in [-0.05, 0) is 154 Å². The van der Waals surface area contributed by atoms with Crippen LogP contribution in [0.3, 0.4) is 0 Å². The lowest BCUT2D eigenvalue weighted by Crippen LogP contribution is -1.96. The minimum Gasteiger partial charge on any atom is -0.456 e. The van der Waals surface area contributed by atoms with E-state index in [9.17, 15) is 0 Å². The fourth-order valence-corrected chi connectivity index (χ4v) is 10.3. The van der Waals surface area contributed by atoms with Gasteiger partial charge >= 0.3 is 0 Å². The molecule has 4 heteroatoms. The normalized spacial score (nSPS) is 12.2. The Morgan fingerprint density at radius 3 is 1.05 bits per heavy atom. The fourth-order valence-electron chi connectivity index (χ4n) is 10.3. The molecule has 4 nitrogen and oxygen atoms in total. The molecule has 13 aromatic rings. The molecule has 0 N–H and O–H groups in total. The first-order valence-corrected chi connectivity index (χ1v) is 21.5. The van der Waals surface area contributed by atoms with Gasteiger partial charge in [0.1, 0.15) is 11.2 Å². The first-order valence-electron chi connectivity index (χ1n) is 21.5. The molecule has 0 saturated carbocycles. The fraction of sp³-hybridized carbons (Fsp3) is 0.0690. The maximum Gasteiger partial charge on any atom is 0.135 e. The van der Waals surface area contributed by atoms with E-state index in [4.69, 9.17) is 4.42 Å². The van der Waals surface area contributed by atoms with Crippen LogP contribution in [-0.4, -0.2) is 13.7 Å². The highest BCUT2D eigenvalue weighted by molar-refractivity contribution is 6.15. The summed E-state index contributed by atoms with van der Waals surface area (Å²) in [5, 5.41) is 9.73. The summed E-state index contributed by atoms with van der Waals surface area (Å²) in [6.45, 7) is 8.73. The standard InChI is InChI=1S/C58H41N3O/c1-34-10-18-51-43(26-34)44-27-35(2)11-19-52(44)59(51)40-15-22-55-47(31-40)48-32-41(60-53-20-12-36(3)28-45(53)46-29-37(4)13-21-54(46)60)16-23-56(48)61(55)42-17-25-58-50(33-42)49-30-39(14-24-57(49)62-58)38-8-6-5-7-9-38/h5-33H,1-4H3. The van der Waals surface area contributed by atoms with E-state index in [1.807, 2.05) is 0 Å². The van der Waals surface area contributed by atoms with E-state index in [1.165, 1.54) is 87.8 Å². The van der Waals surface area contributed by atoms with Crippen LogP contribution in [-0.2, 0) is 0 Å². The van der Waals surface area contributed by atoms with Crippen LogP contribution >= 0.6 is 0 Å². The molecule has 0 radical (unpaired) electrons. The van der Waals surface area contributed by atoms with Crippen LogP contribution in [0.5, 0.6) is 0 Å². The van der Waals surface area contributed by atoms with Gasteiger partial charge < -0.3 is 18.1 Å². The van der Waals surface area contributed by atoms with Gasteiger partial charge in [0, 0.05) is 60.2 Å². The Balaban J connectivity index is 1.09. The Hall–Kier alpha value is -7.82. The maximum atomic E-state index is 6.46.